The summed E-state index contributed by atoms with van der Waals surface area (Å²) in [7, 11) is 0. The smallest absolute Gasteiger partial charge is 0.347 e. The summed E-state index contributed by atoms with van der Waals surface area (Å²) in [6, 6.07) is 22.2. The van der Waals surface area contributed by atoms with E-state index in [2.05, 4.69) is 67.3 Å². The van der Waals surface area contributed by atoms with Crippen molar-refractivity contribution in [2.45, 2.75) is 49.5 Å². The third-order valence-electron chi connectivity index (χ3n) is 6.33. The number of aliphatic carboxylic acids is 1. The fraction of sp³-hybridized carbons (Fsp3) is 0.276. The van der Waals surface area contributed by atoms with Crippen LogP contribution >= 0.6 is 11.8 Å². The summed E-state index contributed by atoms with van der Waals surface area (Å²) >= 11 is 1.82. The highest BCUT2D eigenvalue weighted by atomic mass is 32.2. The number of carboxylic acid groups (broad SMARTS) is 1. The van der Waals surface area contributed by atoms with E-state index in [9.17, 15) is 9.90 Å². The van der Waals surface area contributed by atoms with Gasteiger partial charge in [0, 0.05) is 16.3 Å². The molecular formula is C29H31NO4S. The minimum atomic E-state index is -1.24. The molecule has 3 aromatic carbocycles. The van der Waals surface area contributed by atoms with E-state index >= 15 is 0 Å². The van der Waals surface area contributed by atoms with Gasteiger partial charge in [0.05, 0.1) is 11.4 Å². The molecule has 0 radical (unpaired) electrons. The van der Waals surface area contributed by atoms with Gasteiger partial charge in [-0.25, -0.2) is 4.79 Å². The van der Waals surface area contributed by atoms with Crippen LogP contribution in [-0.2, 0) is 4.79 Å². The van der Waals surface area contributed by atoms with Gasteiger partial charge in [0.1, 0.15) is 18.1 Å². The molecule has 0 spiro atoms. The molecule has 0 saturated heterocycles. The molecule has 1 heterocycles. The number of anilines is 2. The third-order valence-corrected chi connectivity index (χ3v) is 7.46. The summed E-state index contributed by atoms with van der Waals surface area (Å²) < 4.78 is 11.6. The molecular weight excluding hydrogens is 458 g/mol. The molecule has 1 aliphatic heterocycles. The van der Waals surface area contributed by atoms with E-state index in [1.165, 1.54) is 26.7 Å². The van der Waals surface area contributed by atoms with Crippen molar-refractivity contribution in [3.63, 3.8) is 0 Å². The number of allylic oxidation sites excluding steroid dienone is 1. The number of hydrogen-bond donors (Lipinski definition) is 1. The minimum absolute atomic E-state index is 0.370. The van der Waals surface area contributed by atoms with Crippen molar-refractivity contribution in [3.05, 3.63) is 78.4 Å². The topological polar surface area (TPSA) is 59.0 Å². The molecule has 0 saturated carbocycles. The standard InChI is InChI=1S/C29H31NO4S/c1-5-29(4,28(31)32)34-23-14-12-22(13-15-23)33-18-17-20(3)21-11-16-27-25(19-21)30(6-2)24-9-7-8-10-26(24)35-27/h7-17,19H,5-6,18H2,1-4H3,(H,31,32)/b20-17+. The second kappa shape index (κ2) is 10.5. The van der Waals surface area contributed by atoms with Gasteiger partial charge < -0.3 is 19.5 Å². The van der Waals surface area contributed by atoms with Gasteiger partial charge in [-0.1, -0.05) is 36.9 Å². The SMILES string of the molecule is CCN1c2ccccc2Sc2ccc(/C(C)=C/COc3ccc(OC(C)(CC)C(=O)O)cc3)cc21. The molecule has 1 N–H and O–H groups in total. The van der Waals surface area contributed by atoms with Crippen LogP contribution in [0.15, 0.2) is 82.6 Å². The Balaban J connectivity index is 1.42. The van der Waals surface area contributed by atoms with Crippen LogP contribution in [0.25, 0.3) is 5.57 Å². The Kier molecular flexibility index (Phi) is 7.41. The molecule has 1 atom stereocenters. The number of nitrogens with zero attached hydrogens (tertiary/aromatic N) is 1. The fourth-order valence-electron chi connectivity index (χ4n) is 3.93. The monoisotopic (exact) mass is 489 g/mol. The molecule has 35 heavy (non-hydrogen) atoms. The quantitative estimate of drug-likeness (QED) is 0.337. The lowest BCUT2D eigenvalue weighted by molar-refractivity contribution is -0.154. The minimum Gasteiger partial charge on any atom is -0.490 e. The van der Waals surface area contributed by atoms with Crippen molar-refractivity contribution in [3.8, 4) is 11.5 Å². The predicted molar refractivity (Wildman–Crippen MR) is 142 cm³/mol. The van der Waals surface area contributed by atoms with Gasteiger partial charge in [-0.3, -0.25) is 0 Å². The molecule has 1 unspecified atom stereocenters. The van der Waals surface area contributed by atoms with Crippen LogP contribution in [0.3, 0.4) is 0 Å². The summed E-state index contributed by atoms with van der Waals surface area (Å²) in [6.45, 7) is 8.98. The number of benzene rings is 3. The lowest BCUT2D eigenvalue weighted by atomic mass is 10.0. The first-order valence-electron chi connectivity index (χ1n) is 11.9. The van der Waals surface area contributed by atoms with E-state index < -0.39 is 11.6 Å². The van der Waals surface area contributed by atoms with Crippen molar-refractivity contribution in [1.82, 2.24) is 0 Å². The maximum Gasteiger partial charge on any atom is 0.347 e. The van der Waals surface area contributed by atoms with Gasteiger partial charge in [-0.15, -0.1) is 0 Å². The van der Waals surface area contributed by atoms with Gasteiger partial charge in [-0.05, 0) is 92.9 Å². The number of para-hydroxylation sites is 1. The summed E-state index contributed by atoms with van der Waals surface area (Å²) in [5.41, 5.74) is 3.56. The zero-order valence-electron chi connectivity index (χ0n) is 20.6. The molecule has 0 aromatic heterocycles. The number of carbonyl (C=O) groups is 1. The number of carboxylic acids is 1. The van der Waals surface area contributed by atoms with E-state index in [1.54, 1.807) is 38.1 Å². The Bertz CT molecular complexity index is 1240. The highest BCUT2D eigenvalue weighted by Crippen LogP contribution is 2.48. The van der Waals surface area contributed by atoms with Gasteiger partial charge in [-0.2, -0.15) is 0 Å². The Labute approximate surface area is 211 Å². The molecule has 5 nitrogen and oxygen atoms in total. The molecule has 6 heteroatoms. The zero-order valence-corrected chi connectivity index (χ0v) is 21.4. The van der Waals surface area contributed by atoms with E-state index in [1.807, 2.05) is 11.8 Å². The van der Waals surface area contributed by atoms with Gasteiger partial charge in [0.15, 0.2) is 0 Å². The van der Waals surface area contributed by atoms with Crippen molar-refractivity contribution in [2.24, 2.45) is 0 Å². The van der Waals surface area contributed by atoms with E-state index in [-0.39, 0.29) is 0 Å². The number of rotatable bonds is 9. The zero-order chi connectivity index (χ0) is 25.0. The van der Waals surface area contributed by atoms with Crippen LogP contribution in [0.4, 0.5) is 11.4 Å². The lowest BCUT2D eigenvalue weighted by Crippen LogP contribution is -2.40. The third kappa shape index (κ3) is 5.33. The van der Waals surface area contributed by atoms with E-state index in [0.717, 1.165) is 12.1 Å². The van der Waals surface area contributed by atoms with Crippen LogP contribution in [0.1, 0.15) is 39.7 Å². The molecule has 1 aliphatic rings. The first kappa shape index (κ1) is 24.7. The molecule has 4 rings (SSSR count). The molecule has 0 amide bonds. The van der Waals surface area contributed by atoms with Crippen LogP contribution in [-0.4, -0.2) is 29.8 Å². The maximum absolute atomic E-state index is 11.5. The van der Waals surface area contributed by atoms with Crippen LogP contribution in [0.2, 0.25) is 0 Å². The molecule has 182 valence electrons. The Morgan fingerprint density at radius 3 is 2.37 bits per heavy atom. The first-order valence-corrected chi connectivity index (χ1v) is 12.7. The Morgan fingerprint density at radius 1 is 1.00 bits per heavy atom. The predicted octanol–water partition coefficient (Wildman–Crippen LogP) is 7.42. The second-order valence-corrected chi connectivity index (χ2v) is 9.74. The average molecular weight is 490 g/mol. The summed E-state index contributed by atoms with van der Waals surface area (Å²) in [6.07, 6.45) is 2.44. The molecule has 3 aromatic rings. The normalized spacial score (nSPS) is 14.5. The summed E-state index contributed by atoms with van der Waals surface area (Å²) in [4.78, 5) is 16.4. The largest absolute Gasteiger partial charge is 0.490 e. The number of ether oxygens (including phenoxy) is 2. The van der Waals surface area contributed by atoms with Crippen molar-refractivity contribution in [1.29, 1.82) is 0 Å². The average Bonchev–Trinajstić information content (AvgIpc) is 2.87. The lowest BCUT2D eigenvalue weighted by Gasteiger charge is -2.32. The summed E-state index contributed by atoms with van der Waals surface area (Å²) in [5.74, 6) is 0.225. The van der Waals surface area contributed by atoms with Crippen LogP contribution in [0.5, 0.6) is 11.5 Å². The van der Waals surface area contributed by atoms with Gasteiger partial charge in [0.25, 0.3) is 0 Å². The van der Waals surface area contributed by atoms with E-state index in [4.69, 9.17) is 9.47 Å². The molecule has 0 fully saturated rings. The molecule has 0 aliphatic carbocycles. The highest BCUT2D eigenvalue weighted by Gasteiger charge is 2.33. The number of hydrogen-bond acceptors (Lipinski definition) is 5. The van der Waals surface area contributed by atoms with Crippen LogP contribution < -0.4 is 14.4 Å². The number of fused-ring (bicyclic) bond motifs is 2. The Morgan fingerprint density at radius 2 is 1.69 bits per heavy atom. The Hall–Kier alpha value is -3.38. The van der Waals surface area contributed by atoms with Crippen molar-refractivity contribution < 1.29 is 19.4 Å². The summed E-state index contributed by atoms with van der Waals surface area (Å²) in [5, 5.41) is 9.39. The van der Waals surface area contributed by atoms with Crippen LogP contribution in [0, 0.1) is 0 Å². The fourth-order valence-corrected chi connectivity index (χ4v) is 5.00. The first-order chi connectivity index (χ1) is 16.8. The van der Waals surface area contributed by atoms with Gasteiger partial charge in [0.2, 0.25) is 5.60 Å². The van der Waals surface area contributed by atoms with E-state index in [0.29, 0.717) is 24.5 Å². The second-order valence-electron chi connectivity index (χ2n) is 8.66. The van der Waals surface area contributed by atoms with Crippen molar-refractivity contribution in [2.75, 3.05) is 18.1 Å². The highest BCUT2D eigenvalue weighted by molar-refractivity contribution is 7.99. The van der Waals surface area contributed by atoms with Crippen molar-refractivity contribution >= 4 is 34.7 Å². The van der Waals surface area contributed by atoms with Gasteiger partial charge >= 0.3 is 5.97 Å². The maximum atomic E-state index is 11.5. The molecule has 0 bridgehead atoms.